The molecule has 140 valence electrons. The molecule has 0 fully saturated rings. The first kappa shape index (κ1) is 18.8. The minimum Gasteiger partial charge on any atom is -0.492 e. The maximum Gasteiger partial charge on any atom is 0.273 e. The van der Waals surface area contributed by atoms with Crippen molar-refractivity contribution < 1.29 is 9.66 Å². The van der Waals surface area contributed by atoms with Gasteiger partial charge in [0.15, 0.2) is 11.0 Å². The van der Waals surface area contributed by atoms with E-state index in [1.54, 1.807) is 36.3 Å². The number of ether oxygens (including phenoxy) is 1. The van der Waals surface area contributed by atoms with Crippen LogP contribution < -0.4 is 4.74 Å². The van der Waals surface area contributed by atoms with Crippen LogP contribution >= 0.6 is 11.8 Å². The lowest BCUT2D eigenvalue weighted by atomic mass is 10.2. The summed E-state index contributed by atoms with van der Waals surface area (Å²) in [6.45, 7) is 3.34. The van der Waals surface area contributed by atoms with Crippen LogP contribution in [0.1, 0.15) is 13.3 Å². The number of nitro groups is 1. The molecular weight excluding hydrogens is 366 g/mol. The Balaban J connectivity index is 1.62. The molecule has 9 heteroatoms. The van der Waals surface area contributed by atoms with E-state index in [2.05, 4.69) is 26.7 Å². The third-order valence-corrected chi connectivity index (χ3v) is 4.65. The van der Waals surface area contributed by atoms with Gasteiger partial charge >= 0.3 is 0 Å². The van der Waals surface area contributed by atoms with Gasteiger partial charge in [0, 0.05) is 36.3 Å². The first-order chi connectivity index (χ1) is 13.2. The van der Waals surface area contributed by atoms with Gasteiger partial charge in [-0.25, -0.2) is 0 Å². The third-order valence-electron chi connectivity index (χ3n) is 3.71. The van der Waals surface area contributed by atoms with Crippen LogP contribution in [0.15, 0.2) is 53.9 Å². The Labute approximate surface area is 160 Å². The topological polar surface area (TPSA) is 96.0 Å². The lowest BCUT2D eigenvalue weighted by Gasteiger charge is -2.09. The molecule has 0 saturated carbocycles. The normalized spacial score (nSPS) is 10.7. The standard InChI is InChI=1S/C18H19N5O3S/c1-2-10-22-17(14-6-8-19-9-7-14)20-21-18(22)27-12-11-26-16-5-3-4-15(13-16)23(24)25/h3-9,13H,2,10-12H2,1H3. The van der Waals surface area contributed by atoms with Crippen LogP contribution in [0.4, 0.5) is 5.69 Å². The van der Waals surface area contributed by atoms with E-state index in [1.165, 1.54) is 12.1 Å². The zero-order chi connectivity index (χ0) is 19.1. The van der Waals surface area contributed by atoms with E-state index >= 15 is 0 Å². The molecule has 27 heavy (non-hydrogen) atoms. The summed E-state index contributed by atoms with van der Waals surface area (Å²) >= 11 is 1.55. The fourth-order valence-electron chi connectivity index (χ4n) is 2.51. The highest BCUT2D eigenvalue weighted by molar-refractivity contribution is 7.99. The Morgan fingerprint density at radius 1 is 1.22 bits per heavy atom. The molecule has 2 aromatic heterocycles. The van der Waals surface area contributed by atoms with Crippen LogP contribution in [0.25, 0.3) is 11.4 Å². The van der Waals surface area contributed by atoms with Gasteiger partial charge in [0.25, 0.3) is 5.69 Å². The molecular formula is C18H19N5O3S. The summed E-state index contributed by atoms with van der Waals surface area (Å²) in [6.07, 6.45) is 4.44. The number of nitro benzene ring substituents is 1. The number of nitrogens with zero attached hydrogens (tertiary/aromatic N) is 5. The summed E-state index contributed by atoms with van der Waals surface area (Å²) in [7, 11) is 0. The minimum atomic E-state index is -0.435. The predicted octanol–water partition coefficient (Wildman–Crippen LogP) is 3.83. The SMILES string of the molecule is CCCn1c(SCCOc2cccc([N+](=O)[O-])c2)nnc1-c1ccncc1. The molecule has 0 aliphatic rings. The monoisotopic (exact) mass is 385 g/mol. The summed E-state index contributed by atoms with van der Waals surface area (Å²) < 4.78 is 7.71. The number of thioether (sulfide) groups is 1. The quantitative estimate of drug-likeness (QED) is 0.239. The lowest BCUT2D eigenvalue weighted by Crippen LogP contribution is -2.05. The number of aromatic nitrogens is 4. The Hall–Kier alpha value is -2.94. The summed E-state index contributed by atoms with van der Waals surface area (Å²) in [4.78, 5) is 14.4. The van der Waals surface area contributed by atoms with Gasteiger partial charge in [-0.3, -0.25) is 15.1 Å². The van der Waals surface area contributed by atoms with Crippen molar-refractivity contribution in [3.63, 3.8) is 0 Å². The molecule has 0 radical (unpaired) electrons. The highest BCUT2D eigenvalue weighted by Gasteiger charge is 2.14. The van der Waals surface area contributed by atoms with Gasteiger partial charge in [-0.15, -0.1) is 10.2 Å². The van der Waals surface area contributed by atoms with Crippen molar-refractivity contribution in [2.24, 2.45) is 0 Å². The molecule has 0 unspecified atom stereocenters. The van der Waals surface area contributed by atoms with Gasteiger partial charge in [-0.2, -0.15) is 0 Å². The van der Waals surface area contributed by atoms with Crippen molar-refractivity contribution in [3.05, 3.63) is 58.9 Å². The Bertz CT molecular complexity index is 901. The van der Waals surface area contributed by atoms with E-state index in [4.69, 9.17) is 4.74 Å². The first-order valence-corrected chi connectivity index (χ1v) is 9.51. The van der Waals surface area contributed by atoms with E-state index < -0.39 is 4.92 Å². The van der Waals surface area contributed by atoms with Gasteiger partial charge in [0.2, 0.25) is 0 Å². The Kier molecular flexibility index (Phi) is 6.37. The second-order valence-electron chi connectivity index (χ2n) is 5.65. The number of rotatable bonds is 9. The largest absolute Gasteiger partial charge is 0.492 e. The number of hydrogen-bond donors (Lipinski definition) is 0. The second kappa shape index (κ2) is 9.13. The molecule has 0 aliphatic heterocycles. The highest BCUT2D eigenvalue weighted by atomic mass is 32.2. The van der Waals surface area contributed by atoms with E-state index in [0.29, 0.717) is 18.1 Å². The molecule has 3 rings (SSSR count). The third kappa shape index (κ3) is 4.82. The van der Waals surface area contributed by atoms with Crippen LogP contribution in [-0.2, 0) is 6.54 Å². The maximum atomic E-state index is 10.8. The number of non-ortho nitro benzene ring substituents is 1. The zero-order valence-corrected chi connectivity index (χ0v) is 15.6. The minimum absolute atomic E-state index is 0.0184. The summed E-state index contributed by atoms with van der Waals surface area (Å²) in [5, 5.41) is 20.3. The fourth-order valence-corrected chi connectivity index (χ4v) is 3.30. The van der Waals surface area contributed by atoms with Crippen molar-refractivity contribution in [2.75, 3.05) is 12.4 Å². The predicted molar refractivity (Wildman–Crippen MR) is 103 cm³/mol. The molecule has 1 aromatic carbocycles. The van der Waals surface area contributed by atoms with Crippen LogP contribution in [0.2, 0.25) is 0 Å². The molecule has 0 N–H and O–H groups in total. The van der Waals surface area contributed by atoms with E-state index in [0.717, 1.165) is 29.5 Å². The molecule has 0 amide bonds. The van der Waals surface area contributed by atoms with Crippen molar-refractivity contribution in [3.8, 4) is 17.1 Å². The van der Waals surface area contributed by atoms with E-state index in [9.17, 15) is 10.1 Å². The van der Waals surface area contributed by atoms with Crippen molar-refractivity contribution in [1.82, 2.24) is 19.7 Å². The van der Waals surface area contributed by atoms with Gasteiger partial charge in [-0.1, -0.05) is 24.8 Å². The molecule has 8 nitrogen and oxygen atoms in total. The van der Waals surface area contributed by atoms with Crippen molar-refractivity contribution in [1.29, 1.82) is 0 Å². The lowest BCUT2D eigenvalue weighted by molar-refractivity contribution is -0.384. The number of pyridine rings is 1. The molecule has 2 heterocycles. The van der Waals surface area contributed by atoms with E-state index in [1.807, 2.05) is 12.1 Å². The molecule has 0 aliphatic carbocycles. The van der Waals surface area contributed by atoms with Crippen LogP contribution in [0.5, 0.6) is 5.75 Å². The van der Waals surface area contributed by atoms with Gasteiger partial charge in [-0.05, 0) is 24.6 Å². The molecule has 0 saturated heterocycles. The van der Waals surface area contributed by atoms with E-state index in [-0.39, 0.29) is 5.69 Å². The summed E-state index contributed by atoms with van der Waals surface area (Å²) in [5.41, 5.74) is 0.996. The van der Waals surface area contributed by atoms with Crippen LogP contribution in [0.3, 0.4) is 0 Å². The summed E-state index contributed by atoms with van der Waals surface area (Å²) in [6, 6.07) is 10.0. The second-order valence-corrected chi connectivity index (χ2v) is 6.71. The Morgan fingerprint density at radius 2 is 2.04 bits per heavy atom. The van der Waals surface area contributed by atoms with Gasteiger partial charge in [0.1, 0.15) is 5.75 Å². The number of hydrogen-bond acceptors (Lipinski definition) is 7. The van der Waals surface area contributed by atoms with Crippen LogP contribution in [-0.4, -0.2) is 37.0 Å². The average Bonchev–Trinajstić information content (AvgIpc) is 3.09. The average molecular weight is 385 g/mol. The fraction of sp³-hybridized carbons (Fsp3) is 0.278. The zero-order valence-electron chi connectivity index (χ0n) is 14.8. The van der Waals surface area contributed by atoms with Gasteiger partial charge < -0.3 is 9.30 Å². The van der Waals surface area contributed by atoms with Crippen molar-refractivity contribution in [2.45, 2.75) is 25.0 Å². The smallest absolute Gasteiger partial charge is 0.273 e. The maximum absolute atomic E-state index is 10.8. The number of benzene rings is 1. The van der Waals surface area contributed by atoms with Gasteiger partial charge in [0.05, 0.1) is 17.6 Å². The highest BCUT2D eigenvalue weighted by Crippen LogP contribution is 2.24. The Morgan fingerprint density at radius 3 is 2.78 bits per heavy atom. The molecule has 0 spiro atoms. The molecule has 0 bridgehead atoms. The van der Waals surface area contributed by atoms with Crippen LogP contribution in [0, 0.1) is 10.1 Å². The first-order valence-electron chi connectivity index (χ1n) is 8.52. The molecule has 3 aromatic rings. The summed E-state index contributed by atoms with van der Waals surface area (Å²) in [5.74, 6) is 1.96. The van der Waals surface area contributed by atoms with Crippen molar-refractivity contribution >= 4 is 17.4 Å². The molecule has 0 atom stereocenters.